The third-order valence-corrected chi connectivity index (χ3v) is 7.68. The molecule has 0 heterocycles. The highest BCUT2D eigenvalue weighted by atomic mass is 16.3. The maximum Gasteiger partial charge on any atom is 0.190 e. The van der Waals surface area contributed by atoms with E-state index in [1.807, 2.05) is 6.92 Å². The molecule has 1 aromatic carbocycles. The average Bonchev–Trinajstić information content (AvgIpc) is 2.77. The summed E-state index contributed by atoms with van der Waals surface area (Å²) in [7, 11) is 0. The van der Waals surface area contributed by atoms with Crippen molar-refractivity contribution in [2.24, 2.45) is 17.8 Å². The lowest BCUT2D eigenvalue weighted by molar-refractivity contribution is 0.0384. The molecule has 0 aliphatic heterocycles. The first-order valence-corrected chi connectivity index (χ1v) is 13.6. The van der Waals surface area contributed by atoms with Crippen LogP contribution < -0.4 is 0 Å². The van der Waals surface area contributed by atoms with Gasteiger partial charge in [0.15, 0.2) is 11.6 Å². The van der Waals surface area contributed by atoms with Gasteiger partial charge in [-0.05, 0) is 50.9 Å². The molecular weight excluding hydrogens is 420 g/mol. The van der Waals surface area contributed by atoms with E-state index in [1.54, 1.807) is 31.2 Å². The van der Waals surface area contributed by atoms with Gasteiger partial charge in [0, 0.05) is 22.3 Å². The van der Waals surface area contributed by atoms with E-state index in [2.05, 4.69) is 27.7 Å². The second-order valence-electron chi connectivity index (χ2n) is 11.7. The van der Waals surface area contributed by atoms with Crippen molar-refractivity contribution >= 4 is 11.6 Å². The first-order valence-electron chi connectivity index (χ1n) is 13.6. The molecule has 0 fully saturated rings. The minimum absolute atomic E-state index is 0.0597. The summed E-state index contributed by atoms with van der Waals surface area (Å²) in [6, 6.07) is 7.05. The third-order valence-electron chi connectivity index (χ3n) is 7.68. The minimum atomic E-state index is -0.821. The van der Waals surface area contributed by atoms with Gasteiger partial charge in [0.2, 0.25) is 0 Å². The summed E-state index contributed by atoms with van der Waals surface area (Å²) in [6.45, 7) is 12.9. The first-order chi connectivity index (χ1) is 16.0. The smallest absolute Gasteiger partial charge is 0.190 e. The molecule has 1 aliphatic carbocycles. The molecule has 0 aromatic heterocycles. The van der Waals surface area contributed by atoms with Crippen LogP contribution in [0.1, 0.15) is 133 Å². The van der Waals surface area contributed by atoms with Crippen molar-refractivity contribution < 1.29 is 14.7 Å². The van der Waals surface area contributed by atoms with E-state index in [9.17, 15) is 14.7 Å². The number of benzene rings is 1. The van der Waals surface area contributed by atoms with Crippen LogP contribution in [0.25, 0.3) is 0 Å². The van der Waals surface area contributed by atoms with Crippen LogP contribution in [0.15, 0.2) is 35.4 Å². The first kappa shape index (κ1) is 28.5. The number of allylic oxidation sites excluding steroid dienone is 2. The van der Waals surface area contributed by atoms with Gasteiger partial charge in [-0.15, -0.1) is 0 Å². The molecule has 0 spiro atoms. The Morgan fingerprint density at radius 2 is 1.26 bits per heavy atom. The Bertz CT molecular complexity index is 846. The van der Waals surface area contributed by atoms with E-state index < -0.39 is 5.60 Å². The van der Waals surface area contributed by atoms with E-state index in [0.717, 1.165) is 31.1 Å². The highest BCUT2D eigenvalue weighted by molar-refractivity contribution is 6.26. The Kier molecular flexibility index (Phi) is 11.2. The number of hydrogen-bond acceptors (Lipinski definition) is 3. The Morgan fingerprint density at radius 3 is 1.82 bits per heavy atom. The molecule has 34 heavy (non-hydrogen) atoms. The van der Waals surface area contributed by atoms with Crippen molar-refractivity contribution in [3.05, 3.63) is 46.5 Å². The Hall–Kier alpha value is -1.74. The third kappa shape index (κ3) is 8.80. The van der Waals surface area contributed by atoms with Gasteiger partial charge < -0.3 is 5.11 Å². The standard InChI is InChI=1S/C31H48O3/c1-22(2)12-9-13-23(3)14-10-15-24(4)16-11-20-31(6,34)21-19-26-25(5)29(32)27-17-7-8-18-28(27)30(26)33/h7-8,17-18,22-24,34H,9-16,19-21H2,1-6H3. The van der Waals surface area contributed by atoms with Crippen LogP contribution in [0, 0.1) is 17.8 Å². The summed E-state index contributed by atoms with van der Waals surface area (Å²) < 4.78 is 0. The second-order valence-corrected chi connectivity index (χ2v) is 11.7. The van der Waals surface area contributed by atoms with E-state index in [1.165, 1.54) is 38.5 Å². The number of fused-ring (bicyclic) bond motifs is 1. The number of Topliss-reactive ketones (excluding diaryl/α,β-unsaturated/α-hetero) is 2. The van der Waals surface area contributed by atoms with Crippen LogP contribution in [-0.2, 0) is 0 Å². The molecule has 3 unspecified atom stereocenters. The highest BCUT2D eigenvalue weighted by Gasteiger charge is 2.31. The fourth-order valence-corrected chi connectivity index (χ4v) is 5.18. The van der Waals surface area contributed by atoms with Crippen molar-refractivity contribution in [2.45, 2.75) is 118 Å². The van der Waals surface area contributed by atoms with Crippen LogP contribution in [0.5, 0.6) is 0 Å². The summed E-state index contributed by atoms with van der Waals surface area (Å²) in [5.41, 5.74) is 1.28. The molecule has 3 nitrogen and oxygen atoms in total. The highest BCUT2D eigenvalue weighted by Crippen LogP contribution is 2.32. The SMILES string of the molecule is CC1=C(CCC(C)(O)CCCC(C)CCCC(C)CCCC(C)C)C(=O)c2ccccc2C1=O. The zero-order chi connectivity index (χ0) is 25.3. The second kappa shape index (κ2) is 13.4. The molecule has 3 atom stereocenters. The molecule has 190 valence electrons. The molecule has 1 N–H and O–H groups in total. The number of aliphatic hydroxyl groups is 1. The van der Waals surface area contributed by atoms with E-state index in [0.29, 0.717) is 41.0 Å². The molecule has 0 amide bonds. The molecule has 1 aromatic rings. The number of rotatable bonds is 15. The van der Waals surface area contributed by atoms with E-state index >= 15 is 0 Å². The Balaban J connectivity index is 1.71. The lowest BCUT2D eigenvalue weighted by Crippen LogP contribution is -2.27. The molecule has 0 radical (unpaired) electrons. The minimum Gasteiger partial charge on any atom is -0.390 e. The summed E-state index contributed by atoms with van der Waals surface area (Å²) in [5.74, 6) is 2.19. The topological polar surface area (TPSA) is 54.4 Å². The van der Waals surface area contributed by atoms with E-state index in [-0.39, 0.29) is 11.6 Å². The van der Waals surface area contributed by atoms with Gasteiger partial charge in [-0.25, -0.2) is 0 Å². The van der Waals surface area contributed by atoms with Crippen LogP contribution in [0.3, 0.4) is 0 Å². The number of ketones is 2. The van der Waals surface area contributed by atoms with Crippen molar-refractivity contribution in [1.82, 2.24) is 0 Å². The molecule has 0 saturated heterocycles. The van der Waals surface area contributed by atoms with Gasteiger partial charge in [-0.1, -0.05) is 103 Å². The van der Waals surface area contributed by atoms with Crippen molar-refractivity contribution in [3.63, 3.8) is 0 Å². The molecule has 0 saturated carbocycles. The Labute approximate surface area is 208 Å². The monoisotopic (exact) mass is 468 g/mol. The quantitative estimate of drug-likeness (QED) is 0.281. The van der Waals surface area contributed by atoms with Gasteiger partial charge in [-0.3, -0.25) is 9.59 Å². The van der Waals surface area contributed by atoms with Gasteiger partial charge in [0.05, 0.1) is 5.60 Å². The summed E-state index contributed by atoms with van der Waals surface area (Å²) in [4.78, 5) is 25.6. The zero-order valence-electron chi connectivity index (χ0n) is 22.6. The average molecular weight is 469 g/mol. The molecular formula is C31H48O3. The van der Waals surface area contributed by atoms with Gasteiger partial charge in [0.25, 0.3) is 0 Å². The van der Waals surface area contributed by atoms with Crippen LogP contribution in [0.2, 0.25) is 0 Å². The zero-order valence-corrected chi connectivity index (χ0v) is 22.6. The molecule has 3 heteroatoms. The number of hydrogen-bond donors (Lipinski definition) is 1. The predicted molar refractivity (Wildman–Crippen MR) is 142 cm³/mol. The maximum atomic E-state index is 12.9. The van der Waals surface area contributed by atoms with Crippen molar-refractivity contribution in [2.75, 3.05) is 0 Å². The van der Waals surface area contributed by atoms with Gasteiger partial charge in [0.1, 0.15) is 0 Å². The fraction of sp³-hybridized carbons (Fsp3) is 0.677. The fourth-order valence-electron chi connectivity index (χ4n) is 5.18. The van der Waals surface area contributed by atoms with Crippen LogP contribution in [0.4, 0.5) is 0 Å². The largest absolute Gasteiger partial charge is 0.390 e. The lowest BCUT2D eigenvalue weighted by atomic mass is 9.80. The van der Waals surface area contributed by atoms with Crippen LogP contribution in [-0.4, -0.2) is 22.3 Å². The normalized spacial score (nSPS) is 17.6. The summed E-state index contributed by atoms with van der Waals surface area (Å²) in [6.07, 6.45) is 11.7. The van der Waals surface area contributed by atoms with Crippen molar-refractivity contribution in [3.8, 4) is 0 Å². The molecule has 1 aliphatic rings. The molecule has 0 bridgehead atoms. The lowest BCUT2D eigenvalue weighted by Gasteiger charge is -2.26. The van der Waals surface area contributed by atoms with E-state index in [4.69, 9.17) is 0 Å². The summed E-state index contributed by atoms with van der Waals surface area (Å²) >= 11 is 0. The van der Waals surface area contributed by atoms with Gasteiger partial charge >= 0.3 is 0 Å². The Morgan fingerprint density at radius 1 is 0.765 bits per heavy atom. The number of carbonyl (C=O) groups excluding carboxylic acids is 2. The van der Waals surface area contributed by atoms with Crippen molar-refractivity contribution in [1.29, 1.82) is 0 Å². The maximum absolute atomic E-state index is 12.9. The van der Waals surface area contributed by atoms with Crippen LogP contribution >= 0.6 is 0 Å². The predicted octanol–water partition coefficient (Wildman–Crippen LogP) is 8.35. The molecule has 2 rings (SSSR count). The van der Waals surface area contributed by atoms with Gasteiger partial charge in [-0.2, -0.15) is 0 Å². The summed E-state index contributed by atoms with van der Waals surface area (Å²) in [5, 5.41) is 10.9. The number of carbonyl (C=O) groups is 2.